The van der Waals surface area contributed by atoms with Gasteiger partial charge < -0.3 is 10.2 Å². The highest BCUT2D eigenvalue weighted by atomic mass is 19.1. The van der Waals surface area contributed by atoms with Crippen molar-refractivity contribution >= 4 is 11.8 Å². The van der Waals surface area contributed by atoms with Gasteiger partial charge in [0, 0.05) is 31.0 Å². The maximum Gasteiger partial charge on any atom is 0.248 e. The average molecular weight is 465 g/mol. The van der Waals surface area contributed by atoms with Crippen LogP contribution in [0, 0.1) is 18.7 Å². The van der Waals surface area contributed by atoms with Crippen molar-refractivity contribution in [3.05, 3.63) is 66.0 Å². The van der Waals surface area contributed by atoms with E-state index in [1.807, 2.05) is 45.0 Å². The second-order valence-corrected chi connectivity index (χ2v) is 8.99. The van der Waals surface area contributed by atoms with Gasteiger partial charge >= 0.3 is 0 Å². The van der Waals surface area contributed by atoms with Crippen LogP contribution >= 0.6 is 0 Å². The van der Waals surface area contributed by atoms with Crippen LogP contribution in [0.4, 0.5) is 4.39 Å². The van der Waals surface area contributed by atoms with E-state index in [2.05, 4.69) is 20.6 Å². The maximum absolute atomic E-state index is 14.0. The molecule has 2 aromatic heterocycles. The number of aryl methyl sites for hydroxylation is 1. The number of nitrogens with one attached hydrogen (secondary N) is 1. The Labute approximate surface area is 198 Å². The second-order valence-electron chi connectivity index (χ2n) is 8.99. The summed E-state index contributed by atoms with van der Waals surface area (Å²) >= 11 is 0. The van der Waals surface area contributed by atoms with E-state index in [4.69, 9.17) is 0 Å². The molecule has 1 N–H and O–H groups in total. The number of rotatable bonds is 7. The fourth-order valence-electron chi connectivity index (χ4n) is 4.40. The van der Waals surface area contributed by atoms with Crippen LogP contribution in [0.2, 0.25) is 0 Å². The molecule has 2 unspecified atom stereocenters. The van der Waals surface area contributed by atoms with E-state index in [0.29, 0.717) is 25.1 Å². The average Bonchev–Trinajstić information content (AvgIpc) is 3.47. The van der Waals surface area contributed by atoms with E-state index in [1.165, 1.54) is 6.20 Å². The number of likely N-dealkylation sites (tertiary alicyclic amines) is 1. The van der Waals surface area contributed by atoms with Crippen molar-refractivity contribution in [1.82, 2.24) is 30.2 Å². The summed E-state index contributed by atoms with van der Waals surface area (Å²) in [4.78, 5) is 31.9. The summed E-state index contributed by atoms with van der Waals surface area (Å²) in [5.41, 5.74) is 2.85. The topological polar surface area (TPSA) is 93.0 Å². The van der Waals surface area contributed by atoms with Gasteiger partial charge in [-0.2, -0.15) is 0 Å². The Morgan fingerprint density at radius 2 is 1.97 bits per heavy atom. The van der Waals surface area contributed by atoms with Crippen LogP contribution in [0.1, 0.15) is 44.0 Å². The number of amides is 2. The van der Waals surface area contributed by atoms with Crippen molar-refractivity contribution in [2.75, 3.05) is 6.54 Å². The molecule has 9 heteroatoms. The summed E-state index contributed by atoms with van der Waals surface area (Å²) in [7, 11) is 0. The molecular weight excluding hydrogens is 435 g/mol. The first-order chi connectivity index (χ1) is 16.3. The first-order valence-corrected chi connectivity index (χ1v) is 11.5. The van der Waals surface area contributed by atoms with E-state index in [0.717, 1.165) is 23.2 Å². The van der Waals surface area contributed by atoms with E-state index >= 15 is 0 Å². The number of halogens is 1. The Morgan fingerprint density at radius 1 is 1.21 bits per heavy atom. The van der Waals surface area contributed by atoms with E-state index < -0.39 is 12.1 Å². The van der Waals surface area contributed by atoms with Crippen molar-refractivity contribution in [1.29, 1.82) is 0 Å². The number of pyridine rings is 1. The van der Waals surface area contributed by atoms with Gasteiger partial charge in [-0.15, -0.1) is 5.10 Å². The van der Waals surface area contributed by atoms with Crippen LogP contribution in [-0.4, -0.2) is 49.3 Å². The summed E-state index contributed by atoms with van der Waals surface area (Å²) in [6.45, 7) is 6.63. The van der Waals surface area contributed by atoms with Crippen molar-refractivity contribution in [3.63, 3.8) is 0 Å². The van der Waals surface area contributed by atoms with Gasteiger partial charge in [0.1, 0.15) is 17.9 Å². The summed E-state index contributed by atoms with van der Waals surface area (Å²) in [6, 6.07) is 7.96. The molecule has 3 aromatic rings. The molecule has 34 heavy (non-hydrogen) atoms. The van der Waals surface area contributed by atoms with Crippen LogP contribution in [-0.2, 0) is 16.1 Å². The second kappa shape index (κ2) is 10.1. The Morgan fingerprint density at radius 3 is 2.62 bits per heavy atom. The van der Waals surface area contributed by atoms with E-state index in [9.17, 15) is 14.0 Å². The number of carbonyl (C=O) groups is 2. The first kappa shape index (κ1) is 23.5. The van der Waals surface area contributed by atoms with Crippen molar-refractivity contribution in [2.24, 2.45) is 5.92 Å². The Balaban J connectivity index is 1.40. The molecule has 2 atom stereocenters. The van der Waals surface area contributed by atoms with Crippen LogP contribution in [0.25, 0.3) is 11.1 Å². The van der Waals surface area contributed by atoms with Crippen molar-refractivity contribution in [3.8, 4) is 11.1 Å². The van der Waals surface area contributed by atoms with Gasteiger partial charge in [-0.3, -0.25) is 14.6 Å². The van der Waals surface area contributed by atoms with Gasteiger partial charge in [0.05, 0.1) is 11.9 Å². The van der Waals surface area contributed by atoms with Crippen LogP contribution < -0.4 is 5.32 Å². The molecule has 0 radical (unpaired) electrons. The minimum Gasteiger partial charge on any atom is -0.350 e. The zero-order valence-corrected chi connectivity index (χ0v) is 19.6. The summed E-state index contributed by atoms with van der Waals surface area (Å²) < 4.78 is 15.6. The highest BCUT2D eigenvalue weighted by Crippen LogP contribution is 2.26. The lowest BCUT2D eigenvalue weighted by molar-refractivity contribution is -0.142. The number of hydrogen-bond acceptors (Lipinski definition) is 5. The number of aromatic nitrogens is 4. The summed E-state index contributed by atoms with van der Waals surface area (Å²) in [6.07, 6.45) is 5.90. The molecule has 0 spiro atoms. The Kier molecular flexibility index (Phi) is 7.00. The van der Waals surface area contributed by atoms with Crippen molar-refractivity contribution in [2.45, 2.75) is 52.2 Å². The standard InChI is InChI=1S/C25H29FN6O2/c1-16(2)23(32-15-17(3)29-30-32)25(34)31-12-4-5-22(31)24(33)28-13-18-6-8-19(9-7-18)20-10-11-27-14-21(20)26/h6-11,14-16,22-23H,4-5,12-13H2,1-3H3,(H,28,33). The van der Waals surface area contributed by atoms with Crippen LogP contribution in [0.3, 0.4) is 0 Å². The predicted octanol–water partition coefficient (Wildman–Crippen LogP) is 3.29. The molecule has 4 rings (SSSR count). The fraction of sp³-hybridized carbons (Fsp3) is 0.400. The molecule has 0 bridgehead atoms. The molecule has 1 aliphatic heterocycles. The van der Waals surface area contributed by atoms with Crippen LogP contribution in [0.15, 0.2) is 48.9 Å². The third kappa shape index (κ3) is 4.98. The first-order valence-electron chi connectivity index (χ1n) is 11.5. The smallest absolute Gasteiger partial charge is 0.248 e. The Hall–Kier alpha value is -3.62. The van der Waals surface area contributed by atoms with Gasteiger partial charge in [-0.1, -0.05) is 43.3 Å². The summed E-state index contributed by atoms with van der Waals surface area (Å²) in [5, 5.41) is 11.1. The number of nitrogens with zero attached hydrogens (tertiary/aromatic N) is 5. The lowest BCUT2D eigenvalue weighted by Crippen LogP contribution is -2.48. The lowest BCUT2D eigenvalue weighted by atomic mass is 10.0. The van der Waals surface area contributed by atoms with Gasteiger partial charge in [-0.05, 0) is 42.9 Å². The molecule has 1 saturated heterocycles. The van der Waals surface area contributed by atoms with Crippen molar-refractivity contribution < 1.29 is 14.0 Å². The monoisotopic (exact) mass is 464 g/mol. The van der Waals surface area contributed by atoms with E-state index in [1.54, 1.807) is 28.0 Å². The third-order valence-corrected chi connectivity index (χ3v) is 6.14. The zero-order chi connectivity index (χ0) is 24.2. The molecule has 3 heterocycles. The van der Waals surface area contributed by atoms with Gasteiger partial charge in [-0.25, -0.2) is 9.07 Å². The largest absolute Gasteiger partial charge is 0.350 e. The fourth-order valence-corrected chi connectivity index (χ4v) is 4.40. The van der Waals surface area contributed by atoms with Gasteiger partial charge in [0.25, 0.3) is 0 Å². The minimum atomic E-state index is -0.511. The van der Waals surface area contributed by atoms with Gasteiger partial charge in [0.2, 0.25) is 11.8 Å². The zero-order valence-electron chi connectivity index (χ0n) is 19.6. The number of benzene rings is 1. The van der Waals surface area contributed by atoms with E-state index in [-0.39, 0.29) is 23.5 Å². The van der Waals surface area contributed by atoms with Gasteiger partial charge in [0.15, 0.2) is 0 Å². The highest BCUT2D eigenvalue weighted by molar-refractivity contribution is 5.89. The lowest BCUT2D eigenvalue weighted by Gasteiger charge is -2.29. The predicted molar refractivity (Wildman–Crippen MR) is 125 cm³/mol. The third-order valence-electron chi connectivity index (χ3n) is 6.14. The molecule has 1 fully saturated rings. The molecule has 1 aliphatic rings. The summed E-state index contributed by atoms with van der Waals surface area (Å²) in [5.74, 6) is -0.661. The number of hydrogen-bond donors (Lipinski definition) is 1. The highest BCUT2D eigenvalue weighted by Gasteiger charge is 2.39. The molecule has 0 saturated carbocycles. The Bertz CT molecular complexity index is 1160. The number of carbonyl (C=O) groups excluding carboxylic acids is 2. The van der Waals surface area contributed by atoms with Crippen LogP contribution in [0.5, 0.6) is 0 Å². The molecule has 1 aromatic carbocycles. The molecular formula is C25H29FN6O2. The SMILES string of the molecule is Cc1cn(C(C(=O)N2CCCC2C(=O)NCc2ccc(-c3ccncc3F)cc2)C(C)C)nn1. The molecule has 8 nitrogen and oxygen atoms in total. The normalized spacial score (nSPS) is 16.6. The molecule has 2 amide bonds. The maximum atomic E-state index is 14.0. The molecule has 0 aliphatic carbocycles. The quantitative estimate of drug-likeness (QED) is 0.579. The molecule has 178 valence electrons. The minimum absolute atomic E-state index is 0.00154.